The van der Waals surface area contributed by atoms with E-state index >= 15 is 0 Å². The number of amides is 1. The van der Waals surface area contributed by atoms with E-state index in [1.807, 2.05) is 18.3 Å². The van der Waals surface area contributed by atoms with Crippen molar-refractivity contribution in [3.05, 3.63) is 53.0 Å². The van der Waals surface area contributed by atoms with Crippen molar-refractivity contribution in [1.29, 1.82) is 0 Å². The zero-order chi connectivity index (χ0) is 19.2. The average molecular weight is 367 g/mol. The third-order valence-electron chi connectivity index (χ3n) is 4.83. The minimum atomic E-state index is -0.0898. The molecule has 1 aliphatic heterocycles. The molecule has 144 valence electrons. The van der Waals surface area contributed by atoms with E-state index in [0.29, 0.717) is 17.3 Å². The Labute approximate surface area is 161 Å². The van der Waals surface area contributed by atoms with Gasteiger partial charge < -0.3 is 10.6 Å². The Morgan fingerprint density at radius 2 is 2.11 bits per heavy atom. The van der Waals surface area contributed by atoms with Crippen LogP contribution in [0.2, 0.25) is 0 Å². The molecular formula is C21H29N5O. The molecule has 3 rings (SSSR count). The van der Waals surface area contributed by atoms with Crippen LogP contribution in [0.1, 0.15) is 41.0 Å². The van der Waals surface area contributed by atoms with Crippen LogP contribution in [0.25, 0.3) is 0 Å². The van der Waals surface area contributed by atoms with Crippen LogP contribution >= 0.6 is 0 Å². The summed E-state index contributed by atoms with van der Waals surface area (Å²) in [5.74, 6) is 1.09. The van der Waals surface area contributed by atoms with Gasteiger partial charge in [-0.1, -0.05) is 19.9 Å². The first-order valence-corrected chi connectivity index (χ1v) is 9.66. The number of hydrogen-bond acceptors (Lipinski definition) is 5. The second-order valence-electron chi connectivity index (χ2n) is 7.48. The largest absolute Gasteiger partial charge is 0.369 e. The highest BCUT2D eigenvalue weighted by Gasteiger charge is 2.20. The Bertz CT molecular complexity index is 776. The van der Waals surface area contributed by atoms with Gasteiger partial charge in [0.1, 0.15) is 5.82 Å². The molecule has 2 aromatic rings. The topological polar surface area (TPSA) is 70.2 Å². The van der Waals surface area contributed by atoms with Gasteiger partial charge in [-0.25, -0.2) is 4.98 Å². The molecule has 0 bridgehead atoms. The van der Waals surface area contributed by atoms with Crippen molar-refractivity contribution < 1.29 is 4.79 Å². The lowest BCUT2D eigenvalue weighted by atomic mass is 10.0. The number of fused-ring (bicyclic) bond motifs is 1. The van der Waals surface area contributed by atoms with Crippen LogP contribution < -0.4 is 10.6 Å². The van der Waals surface area contributed by atoms with Gasteiger partial charge in [-0.15, -0.1) is 0 Å². The van der Waals surface area contributed by atoms with Crippen molar-refractivity contribution in [2.45, 2.75) is 33.2 Å². The summed E-state index contributed by atoms with van der Waals surface area (Å²) < 4.78 is 0. The maximum atomic E-state index is 12.3. The summed E-state index contributed by atoms with van der Waals surface area (Å²) in [6.45, 7) is 7.89. The van der Waals surface area contributed by atoms with Crippen molar-refractivity contribution in [3.63, 3.8) is 0 Å². The summed E-state index contributed by atoms with van der Waals surface area (Å²) >= 11 is 0. The van der Waals surface area contributed by atoms with Gasteiger partial charge in [0.05, 0.1) is 5.56 Å². The molecule has 0 saturated carbocycles. The van der Waals surface area contributed by atoms with E-state index in [2.05, 4.69) is 40.4 Å². The van der Waals surface area contributed by atoms with Crippen LogP contribution in [0.5, 0.6) is 0 Å². The molecule has 27 heavy (non-hydrogen) atoms. The average Bonchev–Trinajstić information content (AvgIpc) is 2.87. The van der Waals surface area contributed by atoms with E-state index in [-0.39, 0.29) is 5.91 Å². The SMILES string of the molecule is CNC(=O)c1cc2c(nc1NCC(C)C)CCN(Cc1cccnc1)CC2. The smallest absolute Gasteiger partial charge is 0.254 e. The van der Waals surface area contributed by atoms with E-state index in [1.165, 1.54) is 11.1 Å². The highest BCUT2D eigenvalue weighted by atomic mass is 16.1. The van der Waals surface area contributed by atoms with Crippen LogP contribution in [-0.4, -0.2) is 47.5 Å². The molecule has 0 spiro atoms. The van der Waals surface area contributed by atoms with E-state index < -0.39 is 0 Å². The number of carbonyl (C=O) groups is 1. The lowest BCUT2D eigenvalue weighted by Gasteiger charge is -2.19. The fraction of sp³-hybridized carbons (Fsp3) is 0.476. The molecule has 0 saturated heterocycles. The predicted octanol–water partition coefficient (Wildman–Crippen LogP) is 2.50. The van der Waals surface area contributed by atoms with Gasteiger partial charge >= 0.3 is 0 Å². The van der Waals surface area contributed by atoms with Gasteiger partial charge in [0.2, 0.25) is 0 Å². The number of aromatic nitrogens is 2. The molecule has 0 radical (unpaired) electrons. The highest BCUT2D eigenvalue weighted by molar-refractivity contribution is 5.98. The molecule has 2 N–H and O–H groups in total. The zero-order valence-corrected chi connectivity index (χ0v) is 16.5. The standard InChI is InChI=1S/C21H29N5O/c1-15(2)12-24-20-18(21(27)22-3)11-17-6-9-26(10-7-19(17)25-20)14-16-5-4-8-23-13-16/h4-5,8,11,13,15H,6-7,9-10,12,14H2,1-3H3,(H,22,27)(H,24,25). The number of carbonyl (C=O) groups excluding carboxylic acids is 1. The minimum absolute atomic E-state index is 0.0898. The number of nitrogens with zero attached hydrogens (tertiary/aromatic N) is 3. The van der Waals surface area contributed by atoms with Crippen LogP contribution in [0, 0.1) is 5.92 Å². The van der Waals surface area contributed by atoms with Gasteiger partial charge in [-0.05, 0) is 35.6 Å². The first-order valence-electron chi connectivity index (χ1n) is 9.66. The fourth-order valence-electron chi connectivity index (χ4n) is 3.33. The van der Waals surface area contributed by atoms with Crippen LogP contribution in [0.15, 0.2) is 30.6 Å². The second kappa shape index (κ2) is 8.95. The quantitative estimate of drug-likeness (QED) is 0.821. The van der Waals surface area contributed by atoms with Crippen molar-refractivity contribution in [1.82, 2.24) is 20.2 Å². The third-order valence-corrected chi connectivity index (χ3v) is 4.83. The summed E-state index contributed by atoms with van der Waals surface area (Å²) in [4.78, 5) is 23.8. The van der Waals surface area contributed by atoms with Crippen LogP contribution in [0.4, 0.5) is 5.82 Å². The Hall–Kier alpha value is -2.47. The fourth-order valence-corrected chi connectivity index (χ4v) is 3.33. The van der Waals surface area contributed by atoms with Gasteiger partial charge in [0.25, 0.3) is 5.91 Å². The molecule has 0 fully saturated rings. The molecule has 2 aromatic heterocycles. The molecule has 1 aliphatic rings. The maximum Gasteiger partial charge on any atom is 0.254 e. The monoisotopic (exact) mass is 367 g/mol. The van der Waals surface area contributed by atoms with Gasteiger partial charge in [0, 0.05) is 57.7 Å². The van der Waals surface area contributed by atoms with Crippen LogP contribution in [-0.2, 0) is 19.4 Å². The zero-order valence-electron chi connectivity index (χ0n) is 16.5. The predicted molar refractivity (Wildman–Crippen MR) is 108 cm³/mol. The summed E-state index contributed by atoms with van der Waals surface area (Å²) in [7, 11) is 1.66. The molecule has 6 heteroatoms. The van der Waals surface area contributed by atoms with Crippen molar-refractivity contribution in [2.24, 2.45) is 5.92 Å². The van der Waals surface area contributed by atoms with Crippen molar-refractivity contribution in [2.75, 3.05) is 32.0 Å². The van der Waals surface area contributed by atoms with Crippen molar-refractivity contribution in [3.8, 4) is 0 Å². The normalized spacial score (nSPS) is 14.5. The lowest BCUT2D eigenvalue weighted by Crippen LogP contribution is -2.26. The Morgan fingerprint density at radius 3 is 2.81 bits per heavy atom. The highest BCUT2D eigenvalue weighted by Crippen LogP contribution is 2.22. The van der Waals surface area contributed by atoms with Crippen LogP contribution in [0.3, 0.4) is 0 Å². The number of rotatable bonds is 6. The van der Waals surface area contributed by atoms with Gasteiger partial charge in [-0.2, -0.15) is 0 Å². The number of pyridine rings is 2. The number of nitrogens with one attached hydrogen (secondary N) is 2. The molecule has 6 nitrogen and oxygen atoms in total. The molecule has 0 aliphatic carbocycles. The van der Waals surface area contributed by atoms with E-state index in [9.17, 15) is 4.79 Å². The summed E-state index contributed by atoms with van der Waals surface area (Å²) in [6, 6.07) is 6.12. The third kappa shape index (κ3) is 5.04. The summed E-state index contributed by atoms with van der Waals surface area (Å²) in [5.41, 5.74) is 4.14. The molecule has 0 atom stereocenters. The molecular weight excluding hydrogens is 338 g/mol. The number of hydrogen-bond donors (Lipinski definition) is 2. The minimum Gasteiger partial charge on any atom is -0.369 e. The Balaban J connectivity index is 1.79. The molecule has 0 unspecified atom stereocenters. The molecule has 0 aromatic carbocycles. The Kier molecular flexibility index (Phi) is 6.40. The molecule has 1 amide bonds. The second-order valence-corrected chi connectivity index (χ2v) is 7.48. The van der Waals surface area contributed by atoms with Gasteiger partial charge in [-0.3, -0.25) is 14.7 Å². The first kappa shape index (κ1) is 19.3. The van der Waals surface area contributed by atoms with E-state index in [4.69, 9.17) is 4.98 Å². The van der Waals surface area contributed by atoms with Gasteiger partial charge in [0.15, 0.2) is 0 Å². The molecule has 3 heterocycles. The Morgan fingerprint density at radius 1 is 1.30 bits per heavy atom. The summed E-state index contributed by atoms with van der Waals surface area (Å²) in [6.07, 6.45) is 5.52. The first-order chi connectivity index (χ1) is 13.1. The van der Waals surface area contributed by atoms with E-state index in [0.717, 1.165) is 44.7 Å². The van der Waals surface area contributed by atoms with Crippen molar-refractivity contribution >= 4 is 11.7 Å². The maximum absolute atomic E-state index is 12.3. The summed E-state index contributed by atoms with van der Waals surface area (Å²) in [5, 5.41) is 6.09. The van der Waals surface area contributed by atoms with E-state index in [1.54, 1.807) is 13.2 Å². The number of anilines is 1. The lowest BCUT2D eigenvalue weighted by molar-refractivity contribution is 0.0963.